The number of aliphatic hydroxyl groups is 1. The van der Waals surface area contributed by atoms with Crippen molar-refractivity contribution >= 4 is 6.09 Å². The monoisotopic (exact) mass is 296 g/mol. The van der Waals surface area contributed by atoms with E-state index in [-0.39, 0.29) is 17.6 Å². The number of fused-ring (bicyclic) bond motifs is 1. The van der Waals surface area contributed by atoms with E-state index in [1.54, 1.807) is 0 Å². The predicted molar refractivity (Wildman–Crippen MR) is 79.9 cm³/mol. The van der Waals surface area contributed by atoms with Crippen molar-refractivity contribution in [1.29, 1.82) is 0 Å². The molecule has 0 bridgehead atoms. The summed E-state index contributed by atoms with van der Waals surface area (Å²) in [6.07, 6.45) is 0.471. The third kappa shape index (κ3) is 2.66. The van der Waals surface area contributed by atoms with Crippen LogP contribution in [0.1, 0.15) is 41.0 Å². The van der Waals surface area contributed by atoms with E-state index in [0.717, 1.165) is 19.5 Å². The lowest BCUT2D eigenvalue weighted by atomic mass is 9.64. The van der Waals surface area contributed by atoms with Crippen LogP contribution < -0.4 is 5.32 Å². The minimum absolute atomic E-state index is 0.0261. The zero-order valence-corrected chi connectivity index (χ0v) is 13.7. The number of hydrogen-bond acceptors (Lipinski definition) is 4. The van der Waals surface area contributed by atoms with Crippen LogP contribution in [0.4, 0.5) is 4.79 Å². The van der Waals surface area contributed by atoms with Crippen LogP contribution in [0.5, 0.6) is 0 Å². The topological polar surface area (TPSA) is 61.8 Å². The van der Waals surface area contributed by atoms with Gasteiger partial charge in [0.2, 0.25) is 0 Å². The van der Waals surface area contributed by atoms with Gasteiger partial charge in [0.05, 0.1) is 6.10 Å². The Balaban J connectivity index is 1.46. The third-order valence-electron chi connectivity index (χ3n) is 5.46. The average molecular weight is 296 g/mol. The molecule has 120 valence electrons. The number of carbonyl (C=O) groups is 1. The number of rotatable bonds is 2. The Kier molecular flexibility index (Phi) is 3.30. The Bertz CT molecular complexity index is 431. The average Bonchev–Trinajstić information content (AvgIpc) is 2.81. The molecule has 21 heavy (non-hydrogen) atoms. The first kappa shape index (κ1) is 15.1. The van der Waals surface area contributed by atoms with Gasteiger partial charge in [0.25, 0.3) is 0 Å². The SMILES string of the molecule is CC(C)(C)OC(=O)N1CC2C(C1)C2NC1CC(O)C1(C)C. The van der Waals surface area contributed by atoms with Crippen LogP contribution in [0.25, 0.3) is 0 Å². The van der Waals surface area contributed by atoms with Gasteiger partial charge in [-0.1, -0.05) is 13.8 Å². The van der Waals surface area contributed by atoms with E-state index in [1.807, 2.05) is 25.7 Å². The summed E-state index contributed by atoms with van der Waals surface area (Å²) in [6, 6.07) is 0.915. The number of carbonyl (C=O) groups excluding carboxylic acids is 1. The quantitative estimate of drug-likeness (QED) is 0.812. The van der Waals surface area contributed by atoms with Crippen molar-refractivity contribution in [2.24, 2.45) is 17.3 Å². The molecule has 4 unspecified atom stereocenters. The molecule has 5 nitrogen and oxygen atoms in total. The highest BCUT2D eigenvalue weighted by Gasteiger charge is 2.60. The number of hydrogen-bond donors (Lipinski definition) is 2. The molecule has 1 amide bonds. The summed E-state index contributed by atoms with van der Waals surface area (Å²) in [5.41, 5.74) is -0.449. The lowest BCUT2D eigenvalue weighted by Crippen LogP contribution is -2.61. The lowest BCUT2D eigenvalue weighted by Gasteiger charge is -2.50. The van der Waals surface area contributed by atoms with Gasteiger partial charge in [-0.2, -0.15) is 0 Å². The Morgan fingerprint density at radius 1 is 1.29 bits per heavy atom. The molecule has 1 aliphatic heterocycles. The molecule has 3 fully saturated rings. The summed E-state index contributed by atoms with van der Waals surface area (Å²) < 4.78 is 5.42. The van der Waals surface area contributed by atoms with Crippen molar-refractivity contribution < 1.29 is 14.6 Å². The van der Waals surface area contributed by atoms with E-state index in [4.69, 9.17) is 4.74 Å². The van der Waals surface area contributed by atoms with Gasteiger partial charge in [0.1, 0.15) is 5.60 Å². The van der Waals surface area contributed by atoms with Gasteiger partial charge in [0.15, 0.2) is 0 Å². The van der Waals surface area contributed by atoms with Crippen molar-refractivity contribution in [2.75, 3.05) is 13.1 Å². The second-order valence-electron chi connectivity index (χ2n) is 8.53. The Morgan fingerprint density at radius 2 is 1.86 bits per heavy atom. The van der Waals surface area contributed by atoms with Crippen LogP contribution in [0.2, 0.25) is 0 Å². The molecule has 2 N–H and O–H groups in total. The van der Waals surface area contributed by atoms with Crippen molar-refractivity contribution in [1.82, 2.24) is 10.2 Å². The van der Waals surface area contributed by atoms with Crippen LogP contribution in [-0.2, 0) is 4.74 Å². The fraction of sp³-hybridized carbons (Fsp3) is 0.938. The summed E-state index contributed by atoms with van der Waals surface area (Å²) >= 11 is 0. The minimum Gasteiger partial charge on any atom is -0.444 e. The molecule has 0 spiro atoms. The molecule has 0 radical (unpaired) electrons. The summed E-state index contributed by atoms with van der Waals surface area (Å²) in [5, 5.41) is 13.5. The highest BCUT2D eigenvalue weighted by molar-refractivity contribution is 5.69. The molecule has 1 saturated heterocycles. The zero-order chi connectivity index (χ0) is 15.6. The van der Waals surface area contributed by atoms with Gasteiger partial charge in [-0.25, -0.2) is 4.79 Å². The molecule has 2 aliphatic carbocycles. The minimum atomic E-state index is -0.423. The van der Waals surface area contributed by atoms with Crippen molar-refractivity contribution in [2.45, 2.75) is 64.8 Å². The second-order valence-corrected chi connectivity index (χ2v) is 8.53. The van der Waals surface area contributed by atoms with Crippen molar-refractivity contribution in [3.05, 3.63) is 0 Å². The van der Waals surface area contributed by atoms with E-state index in [9.17, 15) is 9.90 Å². The summed E-state index contributed by atoms with van der Waals surface area (Å²) in [6.45, 7) is 11.5. The number of amides is 1. The van der Waals surface area contributed by atoms with Crippen LogP contribution in [0, 0.1) is 17.3 Å². The molecule has 4 atom stereocenters. The Labute approximate surface area is 127 Å². The van der Waals surface area contributed by atoms with Crippen molar-refractivity contribution in [3.8, 4) is 0 Å². The summed E-state index contributed by atoms with van der Waals surface area (Å²) in [4.78, 5) is 13.9. The van der Waals surface area contributed by atoms with E-state index in [0.29, 0.717) is 23.9 Å². The maximum Gasteiger partial charge on any atom is 0.410 e. The largest absolute Gasteiger partial charge is 0.444 e. The second kappa shape index (κ2) is 4.59. The predicted octanol–water partition coefficient (Wildman–Crippen LogP) is 1.60. The molecule has 1 heterocycles. The van der Waals surface area contributed by atoms with Crippen LogP contribution in [-0.4, -0.2) is 53.0 Å². The Hall–Kier alpha value is -0.810. The van der Waals surface area contributed by atoms with Gasteiger partial charge >= 0.3 is 6.09 Å². The Morgan fingerprint density at radius 3 is 2.29 bits per heavy atom. The van der Waals surface area contributed by atoms with Crippen molar-refractivity contribution in [3.63, 3.8) is 0 Å². The smallest absolute Gasteiger partial charge is 0.410 e. The van der Waals surface area contributed by atoms with Gasteiger partial charge in [-0.3, -0.25) is 0 Å². The maximum atomic E-state index is 12.0. The number of nitrogens with zero attached hydrogens (tertiary/aromatic N) is 1. The van der Waals surface area contributed by atoms with Crippen LogP contribution in [0.3, 0.4) is 0 Å². The first-order valence-electron chi connectivity index (χ1n) is 8.01. The lowest BCUT2D eigenvalue weighted by molar-refractivity contribution is -0.0741. The molecular weight excluding hydrogens is 268 g/mol. The van der Waals surface area contributed by atoms with Gasteiger partial charge in [0, 0.05) is 30.6 Å². The van der Waals surface area contributed by atoms with Crippen LogP contribution >= 0.6 is 0 Å². The van der Waals surface area contributed by atoms with E-state index >= 15 is 0 Å². The number of likely N-dealkylation sites (tertiary alicyclic amines) is 1. The molecule has 2 saturated carbocycles. The maximum absolute atomic E-state index is 12.0. The zero-order valence-electron chi connectivity index (χ0n) is 13.7. The van der Waals surface area contributed by atoms with E-state index < -0.39 is 5.60 Å². The van der Waals surface area contributed by atoms with E-state index in [2.05, 4.69) is 19.2 Å². The fourth-order valence-electron chi connectivity index (χ4n) is 3.67. The normalized spacial score (nSPS) is 40.5. The number of ether oxygens (including phenoxy) is 1. The number of aliphatic hydroxyl groups excluding tert-OH is 1. The number of nitrogens with one attached hydrogen (secondary N) is 1. The first-order chi connectivity index (χ1) is 9.59. The molecule has 0 aromatic rings. The first-order valence-corrected chi connectivity index (χ1v) is 8.01. The molecule has 3 aliphatic rings. The highest BCUT2D eigenvalue weighted by atomic mass is 16.6. The molecule has 5 heteroatoms. The standard InChI is InChI=1S/C16H28N2O3/c1-15(2,3)21-14(20)18-7-9-10(8-18)13(9)17-11-6-12(19)16(11,4)5/h9-13,17,19H,6-8H2,1-5H3. The van der Waals surface area contributed by atoms with Gasteiger partial charge in [-0.15, -0.1) is 0 Å². The third-order valence-corrected chi connectivity index (χ3v) is 5.46. The van der Waals surface area contributed by atoms with E-state index in [1.165, 1.54) is 0 Å². The van der Waals surface area contributed by atoms with Gasteiger partial charge < -0.3 is 20.1 Å². The summed E-state index contributed by atoms with van der Waals surface area (Å²) in [5.74, 6) is 1.12. The molecule has 0 aromatic heterocycles. The molecule has 3 rings (SSSR count). The molecule has 0 aromatic carbocycles. The van der Waals surface area contributed by atoms with Crippen LogP contribution in [0.15, 0.2) is 0 Å². The molecular formula is C16H28N2O3. The highest BCUT2D eigenvalue weighted by Crippen LogP contribution is 2.49. The fourth-order valence-corrected chi connectivity index (χ4v) is 3.67. The van der Waals surface area contributed by atoms with Gasteiger partial charge in [-0.05, 0) is 39.0 Å². The number of piperidine rings is 1. The summed E-state index contributed by atoms with van der Waals surface area (Å²) in [7, 11) is 0.